The fraction of sp³-hybridized carbons (Fsp3) is 0.333. The Balaban J connectivity index is 1.82. The van der Waals surface area contributed by atoms with Gasteiger partial charge in [-0.2, -0.15) is 0 Å². The maximum atomic E-state index is 10.2. The first kappa shape index (κ1) is 15.5. The molecule has 0 aromatic heterocycles. The van der Waals surface area contributed by atoms with E-state index in [4.69, 9.17) is 4.74 Å². The van der Waals surface area contributed by atoms with Crippen LogP contribution in [-0.4, -0.2) is 25.3 Å². The molecular weight excluding hydrogens is 262 g/mol. The van der Waals surface area contributed by atoms with Gasteiger partial charge in [0.1, 0.15) is 5.75 Å². The Bertz CT molecular complexity index is 542. The number of nitrogens with one attached hydrogen (secondary N) is 1. The number of ether oxygens (including phenoxy) is 1. The minimum absolute atomic E-state index is 0.420. The third-order valence-corrected chi connectivity index (χ3v) is 3.64. The predicted molar refractivity (Wildman–Crippen MR) is 85.7 cm³/mol. The maximum absolute atomic E-state index is 10.2. The van der Waals surface area contributed by atoms with E-state index in [2.05, 4.69) is 36.5 Å². The lowest BCUT2D eigenvalue weighted by Gasteiger charge is -2.16. The predicted octanol–water partition coefficient (Wildman–Crippen LogP) is 3.12. The molecule has 0 aliphatic carbocycles. The molecule has 112 valence electrons. The fourth-order valence-corrected chi connectivity index (χ4v) is 2.30. The van der Waals surface area contributed by atoms with Crippen LogP contribution >= 0.6 is 0 Å². The van der Waals surface area contributed by atoms with Gasteiger partial charge in [0.05, 0.1) is 13.2 Å². The van der Waals surface area contributed by atoms with Crippen molar-refractivity contribution in [3.63, 3.8) is 0 Å². The molecule has 0 bridgehead atoms. The van der Waals surface area contributed by atoms with E-state index in [9.17, 15) is 5.11 Å². The van der Waals surface area contributed by atoms with Crippen LogP contribution in [-0.2, 0) is 0 Å². The van der Waals surface area contributed by atoms with Gasteiger partial charge in [0.2, 0.25) is 0 Å². The van der Waals surface area contributed by atoms with Gasteiger partial charge in [-0.05, 0) is 29.2 Å². The molecule has 0 amide bonds. The molecule has 2 N–H and O–H groups in total. The standard InChI is InChI=1S/C18H23NO2/c1-14(15-7-4-3-5-8-15)12-19-13-18(20)16-9-6-10-17(11-16)21-2/h3-11,14,18-20H,12-13H2,1-2H3/t14-,18-/m1/s1. The van der Waals surface area contributed by atoms with Crippen molar-refractivity contribution in [3.8, 4) is 5.75 Å². The average Bonchev–Trinajstić information content (AvgIpc) is 2.55. The van der Waals surface area contributed by atoms with Crippen LogP contribution in [0.5, 0.6) is 5.75 Å². The summed E-state index contributed by atoms with van der Waals surface area (Å²) in [5, 5.41) is 13.5. The summed E-state index contributed by atoms with van der Waals surface area (Å²) >= 11 is 0. The highest BCUT2D eigenvalue weighted by Gasteiger charge is 2.10. The van der Waals surface area contributed by atoms with Crippen molar-refractivity contribution in [1.29, 1.82) is 0 Å². The Kier molecular flexibility index (Phi) is 5.78. The largest absolute Gasteiger partial charge is 0.497 e. The monoisotopic (exact) mass is 285 g/mol. The zero-order chi connectivity index (χ0) is 15.1. The highest BCUT2D eigenvalue weighted by molar-refractivity contribution is 5.30. The molecule has 3 nitrogen and oxygen atoms in total. The molecule has 0 aliphatic rings. The van der Waals surface area contributed by atoms with E-state index in [1.54, 1.807) is 7.11 Å². The molecular formula is C18H23NO2. The van der Waals surface area contributed by atoms with Crippen LogP contribution in [0.2, 0.25) is 0 Å². The third kappa shape index (κ3) is 4.59. The number of aliphatic hydroxyl groups is 1. The summed E-state index contributed by atoms with van der Waals surface area (Å²) in [5.74, 6) is 1.19. The number of aliphatic hydroxyl groups excluding tert-OH is 1. The van der Waals surface area contributed by atoms with Crippen molar-refractivity contribution in [1.82, 2.24) is 5.32 Å². The highest BCUT2D eigenvalue weighted by Crippen LogP contribution is 2.19. The lowest BCUT2D eigenvalue weighted by atomic mass is 10.0. The first-order chi connectivity index (χ1) is 10.2. The van der Waals surface area contributed by atoms with Gasteiger partial charge in [-0.1, -0.05) is 49.4 Å². The quantitative estimate of drug-likeness (QED) is 0.821. The van der Waals surface area contributed by atoms with E-state index in [1.807, 2.05) is 30.3 Å². The summed E-state index contributed by atoms with van der Waals surface area (Å²) in [7, 11) is 1.63. The van der Waals surface area contributed by atoms with Crippen LogP contribution in [0, 0.1) is 0 Å². The summed E-state index contributed by atoms with van der Waals surface area (Å²) in [6.07, 6.45) is -0.525. The van der Waals surface area contributed by atoms with E-state index < -0.39 is 6.10 Å². The zero-order valence-electron chi connectivity index (χ0n) is 12.6. The Morgan fingerprint density at radius 1 is 1.00 bits per heavy atom. The molecule has 0 radical (unpaired) electrons. The Labute approximate surface area is 126 Å². The third-order valence-electron chi connectivity index (χ3n) is 3.64. The summed E-state index contributed by atoms with van der Waals surface area (Å²) < 4.78 is 5.17. The van der Waals surface area contributed by atoms with Crippen molar-refractivity contribution < 1.29 is 9.84 Å². The van der Waals surface area contributed by atoms with E-state index in [0.717, 1.165) is 17.9 Å². The van der Waals surface area contributed by atoms with Crippen molar-refractivity contribution in [3.05, 3.63) is 65.7 Å². The fourth-order valence-electron chi connectivity index (χ4n) is 2.30. The van der Waals surface area contributed by atoms with E-state index in [-0.39, 0.29) is 0 Å². The number of methoxy groups -OCH3 is 1. The molecule has 0 saturated carbocycles. The minimum atomic E-state index is -0.525. The van der Waals surface area contributed by atoms with Gasteiger partial charge < -0.3 is 15.2 Å². The number of hydrogen-bond acceptors (Lipinski definition) is 3. The highest BCUT2D eigenvalue weighted by atomic mass is 16.5. The second-order valence-corrected chi connectivity index (χ2v) is 5.26. The molecule has 0 saturated heterocycles. The van der Waals surface area contributed by atoms with Crippen LogP contribution in [0.15, 0.2) is 54.6 Å². The minimum Gasteiger partial charge on any atom is -0.497 e. The lowest BCUT2D eigenvalue weighted by Crippen LogP contribution is -2.25. The molecule has 21 heavy (non-hydrogen) atoms. The average molecular weight is 285 g/mol. The van der Waals surface area contributed by atoms with Gasteiger partial charge in [0, 0.05) is 13.1 Å². The summed E-state index contributed by atoms with van der Waals surface area (Å²) in [5.41, 5.74) is 2.18. The van der Waals surface area contributed by atoms with Crippen LogP contribution in [0.3, 0.4) is 0 Å². The van der Waals surface area contributed by atoms with Gasteiger partial charge >= 0.3 is 0 Å². The van der Waals surface area contributed by atoms with Crippen molar-refractivity contribution >= 4 is 0 Å². The Morgan fingerprint density at radius 2 is 1.71 bits per heavy atom. The molecule has 2 rings (SSSR count). The molecule has 0 fully saturated rings. The number of rotatable bonds is 7. The van der Waals surface area contributed by atoms with Crippen LogP contribution in [0.4, 0.5) is 0 Å². The van der Waals surface area contributed by atoms with Crippen molar-refractivity contribution in [2.45, 2.75) is 18.9 Å². The van der Waals surface area contributed by atoms with Crippen LogP contribution in [0.1, 0.15) is 30.1 Å². The van der Waals surface area contributed by atoms with Gasteiger partial charge in [0.15, 0.2) is 0 Å². The summed E-state index contributed by atoms with van der Waals surface area (Å²) in [6, 6.07) is 17.9. The second kappa shape index (κ2) is 7.81. The molecule has 3 heteroatoms. The normalized spacial score (nSPS) is 13.7. The molecule has 2 atom stereocenters. The Hall–Kier alpha value is -1.84. The SMILES string of the molecule is COc1cccc([C@H](O)CNC[C@@H](C)c2ccccc2)c1. The number of benzene rings is 2. The smallest absolute Gasteiger partial charge is 0.119 e. The molecule has 0 spiro atoms. The lowest BCUT2D eigenvalue weighted by molar-refractivity contribution is 0.174. The van der Waals surface area contributed by atoms with Gasteiger partial charge in [-0.25, -0.2) is 0 Å². The molecule has 0 heterocycles. The van der Waals surface area contributed by atoms with Gasteiger partial charge in [-0.3, -0.25) is 0 Å². The number of hydrogen-bond donors (Lipinski definition) is 2. The van der Waals surface area contributed by atoms with Crippen molar-refractivity contribution in [2.24, 2.45) is 0 Å². The maximum Gasteiger partial charge on any atom is 0.119 e. The van der Waals surface area contributed by atoms with Crippen molar-refractivity contribution in [2.75, 3.05) is 20.2 Å². The summed E-state index contributed by atoms with van der Waals surface area (Å²) in [4.78, 5) is 0. The molecule has 0 unspecified atom stereocenters. The van der Waals surface area contributed by atoms with Crippen LogP contribution < -0.4 is 10.1 Å². The summed E-state index contributed by atoms with van der Waals surface area (Å²) in [6.45, 7) is 3.55. The molecule has 2 aromatic carbocycles. The van der Waals surface area contributed by atoms with Crippen LogP contribution in [0.25, 0.3) is 0 Å². The van der Waals surface area contributed by atoms with E-state index >= 15 is 0 Å². The van der Waals surface area contributed by atoms with Gasteiger partial charge in [-0.15, -0.1) is 0 Å². The zero-order valence-corrected chi connectivity index (χ0v) is 12.6. The Morgan fingerprint density at radius 3 is 2.43 bits per heavy atom. The topological polar surface area (TPSA) is 41.5 Å². The molecule has 0 aliphatic heterocycles. The first-order valence-corrected chi connectivity index (χ1v) is 7.28. The van der Waals surface area contributed by atoms with Gasteiger partial charge in [0.25, 0.3) is 0 Å². The van der Waals surface area contributed by atoms with E-state index in [0.29, 0.717) is 12.5 Å². The first-order valence-electron chi connectivity index (χ1n) is 7.28. The molecule has 2 aromatic rings. The van der Waals surface area contributed by atoms with E-state index in [1.165, 1.54) is 5.56 Å². The second-order valence-electron chi connectivity index (χ2n) is 5.26.